The molecule has 156 valence electrons. The zero-order chi connectivity index (χ0) is 19.9. The maximum absolute atomic E-state index is 13.2. The number of nitrogens with zero attached hydrogens (tertiary/aromatic N) is 3. The summed E-state index contributed by atoms with van der Waals surface area (Å²) in [6.07, 6.45) is 0.367. The number of likely N-dealkylation sites (N-methyl/N-ethyl adjacent to an activating group) is 1. The minimum absolute atomic E-state index is 0. The highest BCUT2D eigenvalue weighted by molar-refractivity contribution is 7.22. The third kappa shape index (κ3) is 5.69. The van der Waals surface area contributed by atoms with E-state index < -0.39 is 0 Å². The number of benzene rings is 2. The first kappa shape index (κ1) is 23.1. The molecule has 0 spiro atoms. The van der Waals surface area contributed by atoms with Crippen molar-refractivity contribution in [3.05, 3.63) is 54.1 Å². The predicted octanol–water partition coefficient (Wildman–Crippen LogP) is 4.64. The van der Waals surface area contributed by atoms with Gasteiger partial charge in [0, 0.05) is 13.1 Å². The molecule has 0 aliphatic rings. The number of amides is 1. The lowest BCUT2D eigenvalue weighted by Crippen LogP contribution is -2.39. The van der Waals surface area contributed by atoms with Crippen LogP contribution in [0.1, 0.15) is 19.4 Å². The van der Waals surface area contributed by atoms with E-state index in [0.29, 0.717) is 13.0 Å². The number of fused-ring (bicyclic) bond motifs is 1. The van der Waals surface area contributed by atoms with Gasteiger partial charge in [-0.3, -0.25) is 9.69 Å². The average molecular weight is 434 g/mol. The number of anilines is 1. The SMILES string of the molecule is CCN(CC)CCN(C(=O)Cc1ccccc1)c1nc2c(OC)cccc2s1.Cl. The van der Waals surface area contributed by atoms with Gasteiger partial charge in [-0.1, -0.05) is 61.6 Å². The molecule has 0 unspecified atom stereocenters. The molecule has 3 rings (SSSR count). The van der Waals surface area contributed by atoms with Crippen LogP contribution >= 0.6 is 23.7 Å². The molecular formula is C22H28ClN3O2S. The zero-order valence-corrected chi connectivity index (χ0v) is 18.8. The van der Waals surface area contributed by atoms with Gasteiger partial charge in [0.2, 0.25) is 5.91 Å². The van der Waals surface area contributed by atoms with Crippen molar-refractivity contribution in [1.29, 1.82) is 0 Å². The Morgan fingerprint density at radius 2 is 1.76 bits per heavy atom. The van der Waals surface area contributed by atoms with E-state index in [4.69, 9.17) is 9.72 Å². The lowest BCUT2D eigenvalue weighted by atomic mass is 10.1. The maximum Gasteiger partial charge on any atom is 0.233 e. The van der Waals surface area contributed by atoms with Gasteiger partial charge in [-0.05, 0) is 30.8 Å². The number of aromatic nitrogens is 1. The molecule has 0 radical (unpaired) electrons. The van der Waals surface area contributed by atoms with E-state index in [1.807, 2.05) is 53.4 Å². The van der Waals surface area contributed by atoms with Gasteiger partial charge in [-0.25, -0.2) is 4.98 Å². The first-order chi connectivity index (χ1) is 13.7. The number of halogens is 1. The van der Waals surface area contributed by atoms with E-state index in [9.17, 15) is 4.79 Å². The third-order valence-corrected chi connectivity index (χ3v) is 5.90. The second-order valence-electron chi connectivity index (χ2n) is 6.54. The molecule has 2 aromatic carbocycles. The largest absolute Gasteiger partial charge is 0.494 e. The fourth-order valence-corrected chi connectivity index (χ4v) is 4.19. The highest BCUT2D eigenvalue weighted by atomic mass is 35.5. The molecule has 0 bridgehead atoms. The molecule has 0 saturated carbocycles. The Hall–Kier alpha value is -2.15. The summed E-state index contributed by atoms with van der Waals surface area (Å²) in [7, 11) is 1.65. The second-order valence-corrected chi connectivity index (χ2v) is 7.55. The second kappa shape index (κ2) is 11.1. The van der Waals surface area contributed by atoms with Crippen molar-refractivity contribution in [1.82, 2.24) is 9.88 Å². The molecular weight excluding hydrogens is 406 g/mol. The molecule has 7 heteroatoms. The highest BCUT2D eigenvalue weighted by Gasteiger charge is 2.21. The molecule has 1 heterocycles. The molecule has 0 atom stereocenters. The summed E-state index contributed by atoms with van der Waals surface area (Å²) in [4.78, 5) is 22.1. The van der Waals surface area contributed by atoms with Crippen LogP contribution < -0.4 is 9.64 Å². The first-order valence-corrected chi connectivity index (χ1v) is 10.5. The summed E-state index contributed by atoms with van der Waals surface area (Å²) in [5.74, 6) is 0.801. The normalized spacial score (nSPS) is 10.8. The number of carbonyl (C=O) groups excluding carboxylic acids is 1. The zero-order valence-electron chi connectivity index (χ0n) is 17.1. The van der Waals surface area contributed by atoms with Gasteiger partial charge >= 0.3 is 0 Å². The molecule has 5 nitrogen and oxygen atoms in total. The highest BCUT2D eigenvalue weighted by Crippen LogP contribution is 2.34. The Balaban J connectivity index is 0.00000300. The Kier molecular flexibility index (Phi) is 8.89. The van der Waals surface area contributed by atoms with Gasteiger partial charge < -0.3 is 9.64 Å². The van der Waals surface area contributed by atoms with Crippen molar-refractivity contribution in [2.24, 2.45) is 0 Å². The number of rotatable bonds is 9. The predicted molar refractivity (Wildman–Crippen MR) is 124 cm³/mol. The van der Waals surface area contributed by atoms with Crippen LogP contribution in [0.4, 0.5) is 5.13 Å². The summed E-state index contributed by atoms with van der Waals surface area (Å²) < 4.78 is 6.47. The van der Waals surface area contributed by atoms with E-state index in [1.165, 1.54) is 11.3 Å². The number of hydrogen-bond donors (Lipinski definition) is 0. The molecule has 0 fully saturated rings. The molecule has 0 aliphatic carbocycles. The van der Waals surface area contributed by atoms with Crippen molar-refractivity contribution >= 4 is 45.0 Å². The van der Waals surface area contributed by atoms with E-state index >= 15 is 0 Å². The molecule has 3 aromatic rings. The molecule has 0 N–H and O–H groups in total. The average Bonchev–Trinajstić information content (AvgIpc) is 3.15. The van der Waals surface area contributed by atoms with Crippen molar-refractivity contribution < 1.29 is 9.53 Å². The van der Waals surface area contributed by atoms with Crippen molar-refractivity contribution in [3.8, 4) is 5.75 Å². The van der Waals surface area contributed by atoms with E-state index in [-0.39, 0.29) is 18.3 Å². The van der Waals surface area contributed by atoms with Crippen LogP contribution in [0.3, 0.4) is 0 Å². The quantitative estimate of drug-likeness (QED) is 0.493. The molecule has 29 heavy (non-hydrogen) atoms. The minimum atomic E-state index is 0. The Labute approximate surface area is 182 Å². The number of thiazole rings is 1. The molecule has 0 aliphatic heterocycles. The lowest BCUT2D eigenvalue weighted by molar-refractivity contribution is -0.118. The van der Waals surface area contributed by atoms with Gasteiger partial charge in [0.25, 0.3) is 0 Å². The van der Waals surface area contributed by atoms with Crippen molar-refractivity contribution in [3.63, 3.8) is 0 Å². The number of methoxy groups -OCH3 is 1. The molecule has 1 aromatic heterocycles. The summed E-state index contributed by atoms with van der Waals surface area (Å²) in [5.41, 5.74) is 1.82. The van der Waals surface area contributed by atoms with E-state index in [2.05, 4.69) is 18.7 Å². The molecule has 1 amide bonds. The van der Waals surface area contributed by atoms with Crippen LogP contribution in [-0.4, -0.2) is 49.1 Å². The van der Waals surface area contributed by atoms with Crippen LogP contribution in [0.2, 0.25) is 0 Å². The van der Waals surface area contributed by atoms with Crippen molar-refractivity contribution in [2.75, 3.05) is 38.2 Å². The van der Waals surface area contributed by atoms with E-state index in [0.717, 1.165) is 46.3 Å². The summed E-state index contributed by atoms with van der Waals surface area (Å²) in [6.45, 7) is 7.65. The topological polar surface area (TPSA) is 45.7 Å². The molecule has 0 saturated heterocycles. The van der Waals surface area contributed by atoms with Gasteiger partial charge in [-0.2, -0.15) is 0 Å². The van der Waals surface area contributed by atoms with Gasteiger partial charge in [0.1, 0.15) is 11.3 Å². The van der Waals surface area contributed by atoms with Crippen LogP contribution in [0, 0.1) is 0 Å². The smallest absolute Gasteiger partial charge is 0.233 e. The fraction of sp³-hybridized carbons (Fsp3) is 0.364. The van der Waals surface area contributed by atoms with Crippen LogP contribution in [0.5, 0.6) is 5.75 Å². The number of para-hydroxylation sites is 1. The summed E-state index contributed by atoms with van der Waals surface area (Å²) in [6, 6.07) is 15.7. The van der Waals surface area contributed by atoms with Gasteiger partial charge in [0.05, 0.1) is 18.2 Å². The maximum atomic E-state index is 13.2. The number of carbonyl (C=O) groups is 1. The number of hydrogen-bond acceptors (Lipinski definition) is 5. The van der Waals surface area contributed by atoms with Gasteiger partial charge in [-0.15, -0.1) is 12.4 Å². The monoisotopic (exact) mass is 433 g/mol. The summed E-state index contributed by atoms with van der Waals surface area (Å²) >= 11 is 1.54. The van der Waals surface area contributed by atoms with Crippen LogP contribution in [0.15, 0.2) is 48.5 Å². The third-order valence-electron chi connectivity index (χ3n) is 4.85. The minimum Gasteiger partial charge on any atom is -0.494 e. The van der Waals surface area contributed by atoms with E-state index in [1.54, 1.807) is 7.11 Å². The standard InChI is InChI=1S/C22H27N3O2S.ClH/c1-4-24(5-2)14-15-25(20(26)16-17-10-7-6-8-11-17)22-23-21-18(27-3)12-9-13-19(21)28-22;/h6-13H,4-5,14-16H2,1-3H3;1H. The Morgan fingerprint density at radius 3 is 2.41 bits per heavy atom. The van der Waals surface area contributed by atoms with Gasteiger partial charge in [0.15, 0.2) is 5.13 Å². The lowest BCUT2D eigenvalue weighted by Gasteiger charge is -2.24. The van der Waals surface area contributed by atoms with Crippen LogP contribution in [-0.2, 0) is 11.2 Å². The fourth-order valence-electron chi connectivity index (χ4n) is 3.17. The number of ether oxygens (including phenoxy) is 1. The summed E-state index contributed by atoms with van der Waals surface area (Å²) in [5, 5.41) is 0.729. The Morgan fingerprint density at radius 1 is 1.03 bits per heavy atom. The Bertz CT molecular complexity index is 913. The van der Waals surface area contributed by atoms with Crippen molar-refractivity contribution in [2.45, 2.75) is 20.3 Å². The van der Waals surface area contributed by atoms with Crippen LogP contribution in [0.25, 0.3) is 10.2 Å². The first-order valence-electron chi connectivity index (χ1n) is 9.66.